The standard InChI is InChI=1S/C27H30N2O4S3/c1-18-6-11-21(12-7-18)35(30,31)29(36(32,33)22-13-8-19(2)9-14-22)26-24(17-28)23-15-10-20(27(3,4)5)16-25(23)34-26/h6-9,11-14,20H,10,15-16H2,1-5H3. The van der Waals surface area contributed by atoms with E-state index in [4.69, 9.17) is 0 Å². The van der Waals surface area contributed by atoms with E-state index in [0.717, 1.165) is 39.3 Å². The molecule has 1 aromatic heterocycles. The highest BCUT2D eigenvalue weighted by Crippen LogP contribution is 2.47. The van der Waals surface area contributed by atoms with Crippen LogP contribution >= 0.6 is 11.3 Å². The summed E-state index contributed by atoms with van der Waals surface area (Å²) in [6, 6.07) is 14.3. The SMILES string of the molecule is Cc1ccc(S(=O)(=O)N(c2sc3c(c2C#N)CCC(C(C)(C)C)C3)S(=O)(=O)c2ccc(C)cc2)cc1. The molecule has 0 spiro atoms. The lowest BCUT2D eigenvalue weighted by molar-refractivity contribution is 0.218. The Bertz CT molecular complexity index is 1460. The predicted molar refractivity (Wildman–Crippen MR) is 143 cm³/mol. The molecule has 0 radical (unpaired) electrons. The largest absolute Gasteiger partial charge is 0.278 e. The Kier molecular flexibility index (Phi) is 6.84. The Morgan fingerprint density at radius 1 is 0.889 bits per heavy atom. The van der Waals surface area contributed by atoms with E-state index in [0.29, 0.717) is 22.5 Å². The number of nitriles is 1. The number of sulfonamides is 2. The van der Waals surface area contributed by atoms with Crippen molar-refractivity contribution in [2.45, 2.75) is 63.7 Å². The molecule has 1 aliphatic carbocycles. The maximum atomic E-state index is 14.0. The molecule has 0 saturated carbocycles. The summed E-state index contributed by atoms with van der Waals surface area (Å²) in [4.78, 5) is 0.592. The van der Waals surface area contributed by atoms with Crippen LogP contribution in [-0.2, 0) is 32.9 Å². The highest BCUT2D eigenvalue weighted by atomic mass is 32.3. The number of nitrogens with zero attached hydrogens (tertiary/aromatic N) is 2. The minimum absolute atomic E-state index is 0.0380. The third-order valence-corrected chi connectivity index (χ3v) is 12.4. The third-order valence-electron chi connectivity index (χ3n) is 6.82. The van der Waals surface area contributed by atoms with Gasteiger partial charge in [0.2, 0.25) is 0 Å². The van der Waals surface area contributed by atoms with Gasteiger partial charge in [-0.15, -0.1) is 15.0 Å². The first-order chi connectivity index (χ1) is 16.8. The van der Waals surface area contributed by atoms with Crippen LogP contribution in [0.15, 0.2) is 58.3 Å². The Morgan fingerprint density at radius 3 is 1.78 bits per heavy atom. The summed E-state index contributed by atoms with van der Waals surface area (Å²) in [5.74, 6) is 0.346. The molecule has 1 unspecified atom stereocenters. The van der Waals surface area contributed by atoms with Crippen LogP contribution in [0.1, 0.15) is 54.3 Å². The molecular weight excluding hydrogens is 513 g/mol. The maximum Gasteiger partial charge on any atom is 0.278 e. The van der Waals surface area contributed by atoms with E-state index in [9.17, 15) is 22.1 Å². The molecular formula is C27H30N2O4S3. The van der Waals surface area contributed by atoms with E-state index >= 15 is 0 Å². The van der Waals surface area contributed by atoms with Crippen molar-refractivity contribution in [1.82, 2.24) is 0 Å². The van der Waals surface area contributed by atoms with Crippen LogP contribution in [-0.4, -0.2) is 16.8 Å². The molecule has 0 N–H and O–H groups in total. The van der Waals surface area contributed by atoms with Crippen molar-refractivity contribution in [1.29, 1.82) is 5.26 Å². The molecule has 1 aliphatic rings. The molecule has 36 heavy (non-hydrogen) atoms. The summed E-state index contributed by atoms with van der Waals surface area (Å²) in [6.07, 6.45) is 2.15. The molecule has 0 amide bonds. The lowest BCUT2D eigenvalue weighted by Crippen LogP contribution is -2.37. The van der Waals surface area contributed by atoms with Gasteiger partial charge >= 0.3 is 0 Å². The first-order valence-electron chi connectivity index (χ1n) is 11.8. The molecule has 3 aromatic rings. The average molecular weight is 543 g/mol. The van der Waals surface area contributed by atoms with E-state index < -0.39 is 20.0 Å². The molecule has 2 aromatic carbocycles. The summed E-state index contributed by atoms with van der Waals surface area (Å²) in [5.41, 5.74) is 2.63. The minimum atomic E-state index is -4.56. The van der Waals surface area contributed by atoms with Gasteiger partial charge in [-0.25, -0.2) is 0 Å². The first kappa shape index (κ1) is 26.4. The molecule has 1 atom stereocenters. The predicted octanol–water partition coefficient (Wildman–Crippen LogP) is 5.97. The average Bonchev–Trinajstić information content (AvgIpc) is 3.15. The van der Waals surface area contributed by atoms with Gasteiger partial charge in [0.25, 0.3) is 20.0 Å². The Hall–Kier alpha value is -2.67. The third kappa shape index (κ3) is 4.70. The Morgan fingerprint density at radius 2 is 1.36 bits per heavy atom. The van der Waals surface area contributed by atoms with Crippen molar-refractivity contribution in [3.8, 4) is 6.07 Å². The van der Waals surface area contributed by atoms with Gasteiger partial charge in [-0.1, -0.05) is 56.2 Å². The lowest BCUT2D eigenvalue weighted by Gasteiger charge is -2.33. The minimum Gasteiger partial charge on any atom is -0.200 e. The van der Waals surface area contributed by atoms with Crippen molar-refractivity contribution < 1.29 is 16.8 Å². The number of benzene rings is 2. The molecule has 0 bridgehead atoms. The highest BCUT2D eigenvalue weighted by Gasteiger charge is 2.42. The maximum absolute atomic E-state index is 14.0. The van der Waals surface area contributed by atoms with Gasteiger partial charge in [-0.2, -0.15) is 22.1 Å². The monoisotopic (exact) mass is 542 g/mol. The quantitative estimate of drug-likeness (QED) is 0.396. The van der Waals surface area contributed by atoms with Gasteiger partial charge in [0, 0.05) is 4.88 Å². The van der Waals surface area contributed by atoms with Gasteiger partial charge in [-0.3, -0.25) is 0 Å². The van der Waals surface area contributed by atoms with Crippen molar-refractivity contribution in [3.05, 3.63) is 75.7 Å². The molecule has 0 aliphatic heterocycles. The number of hydrogen-bond donors (Lipinski definition) is 0. The zero-order chi connectivity index (χ0) is 26.5. The van der Waals surface area contributed by atoms with Crippen molar-refractivity contribution in [2.75, 3.05) is 3.71 Å². The van der Waals surface area contributed by atoms with Crippen LogP contribution in [0, 0.1) is 36.5 Å². The van der Waals surface area contributed by atoms with Crippen LogP contribution in [0.3, 0.4) is 0 Å². The fourth-order valence-electron chi connectivity index (χ4n) is 4.51. The summed E-state index contributed by atoms with van der Waals surface area (Å²) in [7, 11) is -9.11. The van der Waals surface area contributed by atoms with E-state index in [2.05, 4.69) is 26.8 Å². The number of anilines is 1. The van der Waals surface area contributed by atoms with Crippen molar-refractivity contribution >= 4 is 36.4 Å². The highest BCUT2D eigenvalue weighted by molar-refractivity contribution is 8.10. The van der Waals surface area contributed by atoms with Crippen LogP contribution in [0.5, 0.6) is 0 Å². The topological polar surface area (TPSA) is 95.3 Å². The molecule has 1 heterocycles. The van der Waals surface area contributed by atoms with Gasteiger partial charge in [-0.05, 0) is 74.3 Å². The second-order valence-electron chi connectivity index (χ2n) is 10.4. The Labute approximate surface area is 218 Å². The second kappa shape index (κ2) is 9.33. The molecule has 0 saturated heterocycles. The summed E-state index contributed by atoms with van der Waals surface area (Å²) in [6.45, 7) is 10.1. The smallest absolute Gasteiger partial charge is 0.200 e. The summed E-state index contributed by atoms with van der Waals surface area (Å²) >= 11 is 1.11. The first-order valence-corrected chi connectivity index (χ1v) is 15.4. The number of fused-ring (bicyclic) bond motifs is 1. The van der Waals surface area contributed by atoms with Gasteiger partial charge in [0.05, 0.1) is 15.4 Å². The van der Waals surface area contributed by atoms with Crippen molar-refractivity contribution in [3.63, 3.8) is 0 Å². The molecule has 6 nitrogen and oxygen atoms in total. The van der Waals surface area contributed by atoms with Crippen LogP contribution in [0.25, 0.3) is 0 Å². The number of thiophene rings is 1. The number of aryl methyl sites for hydroxylation is 2. The van der Waals surface area contributed by atoms with Gasteiger partial charge in [0.15, 0.2) is 0 Å². The molecule has 190 valence electrons. The summed E-state index contributed by atoms with van der Waals surface area (Å²) < 4.78 is 56.4. The van der Waals surface area contributed by atoms with Gasteiger partial charge < -0.3 is 0 Å². The molecule has 0 fully saturated rings. The van der Waals surface area contributed by atoms with Crippen LogP contribution < -0.4 is 3.71 Å². The molecule has 4 rings (SSSR count). The Balaban J connectivity index is 1.97. The van der Waals surface area contributed by atoms with E-state index in [1.54, 1.807) is 24.3 Å². The zero-order valence-electron chi connectivity index (χ0n) is 21.1. The fraction of sp³-hybridized carbons (Fsp3) is 0.370. The van der Waals surface area contributed by atoms with Crippen LogP contribution in [0.4, 0.5) is 5.00 Å². The van der Waals surface area contributed by atoms with Gasteiger partial charge in [0.1, 0.15) is 11.1 Å². The summed E-state index contributed by atoms with van der Waals surface area (Å²) in [5, 5.41) is 10.1. The fourth-order valence-corrected chi connectivity index (χ4v) is 10.0. The number of rotatable bonds is 5. The zero-order valence-corrected chi connectivity index (χ0v) is 23.5. The van der Waals surface area contributed by atoms with Crippen LogP contribution in [0.2, 0.25) is 0 Å². The van der Waals surface area contributed by atoms with Crippen molar-refractivity contribution in [2.24, 2.45) is 11.3 Å². The van der Waals surface area contributed by atoms with E-state index in [1.165, 1.54) is 24.3 Å². The number of hydrogen-bond acceptors (Lipinski definition) is 6. The lowest BCUT2D eigenvalue weighted by atomic mass is 9.72. The van der Waals surface area contributed by atoms with E-state index in [-0.39, 0.29) is 25.8 Å². The second-order valence-corrected chi connectivity index (χ2v) is 15.3. The normalized spacial score (nSPS) is 16.3. The molecule has 9 heteroatoms. The van der Waals surface area contributed by atoms with E-state index in [1.807, 2.05) is 13.8 Å².